The van der Waals surface area contributed by atoms with Crippen LogP contribution in [0.5, 0.6) is 5.75 Å². The van der Waals surface area contributed by atoms with Crippen LogP contribution in [-0.2, 0) is 23.3 Å². The fourth-order valence-corrected chi connectivity index (χ4v) is 3.70. The smallest absolute Gasteiger partial charge is 0.421 e. The number of halogens is 3. The van der Waals surface area contributed by atoms with Gasteiger partial charge in [-0.15, -0.1) is 0 Å². The zero-order chi connectivity index (χ0) is 18.2. The molecule has 1 saturated heterocycles. The van der Waals surface area contributed by atoms with E-state index in [1.165, 1.54) is 0 Å². The lowest BCUT2D eigenvalue weighted by Gasteiger charge is -2.38. The minimum Gasteiger partial charge on any atom is -0.496 e. The molecule has 2 aliphatic rings. The number of benzene rings is 1. The van der Waals surface area contributed by atoms with Crippen molar-refractivity contribution in [2.45, 2.75) is 57.1 Å². The Labute approximate surface area is 146 Å². The molecule has 4 nitrogen and oxygen atoms in total. The Kier molecular flexibility index (Phi) is 5.01. The number of hydrogen-bond donors (Lipinski definition) is 2. The summed E-state index contributed by atoms with van der Waals surface area (Å²) in [5, 5.41) is 6.79. The number of nitrogens with one attached hydrogen (secondary N) is 2. The van der Waals surface area contributed by atoms with E-state index in [-0.39, 0.29) is 12.2 Å². The molecule has 7 heteroatoms. The van der Waals surface area contributed by atoms with Crippen LogP contribution in [0.15, 0.2) is 12.1 Å². The molecular formula is C18H25F3N2O2. The van der Waals surface area contributed by atoms with E-state index < -0.39 is 11.8 Å². The van der Waals surface area contributed by atoms with Crippen LogP contribution in [0.25, 0.3) is 0 Å². The van der Waals surface area contributed by atoms with Gasteiger partial charge in [-0.2, -0.15) is 13.2 Å². The molecule has 1 aromatic carbocycles. The van der Waals surface area contributed by atoms with Gasteiger partial charge in [0.15, 0.2) is 5.60 Å². The highest BCUT2D eigenvalue weighted by molar-refractivity contribution is 5.46. The van der Waals surface area contributed by atoms with Crippen molar-refractivity contribution in [3.63, 3.8) is 0 Å². The van der Waals surface area contributed by atoms with Crippen LogP contribution >= 0.6 is 0 Å². The predicted molar refractivity (Wildman–Crippen MR) is 88.8 cm³/mol. The van der Waals surface area contributed by atoms with Crippen LogP contribution in [0.2, 0.25) is 0 Å². The van der Waals surface area contributed by atoms with Gasteiger partial charge in [0, 0.05) is 24.2 Å². The van der Waals surface area contributed by atoms with Crippen LogP contribution < -0.4 is 15.4 Å². The van der Waals surface area contributed by atoms with Gasteiger partial charge in [-0.3, -0.25) is 0 Å². The van der Waals surface area contributed by atoms with Crippen LogP contribution in [0.3, 0.4) is 0 Å². The van der Waals surface area contributed by atoms with E-state index in [1.807, 2.05) is 0 Å². The molecule has 0 bridgehead atoms. The topological polar surface area (TPSA) is 42.5 Å². The number of fused-ring (bicyclic) bond motifs is 1. The molecule has 0 radical (unpaired) electrons. The van der Waals surface area contributed by atoms with Crippen LogP contribution in [0.1, 0.15) is 37.0 Å². The van der Waals surface area contributed by atoms with Crippen molar-refractivity contribution in [3.05, 3.63) is 28.8 Å². The first-order valence-electron chi connectivity index (χ1n) is 8.64. The molecule has 1 fully saturated rings. The van der Waals surface area contributed by atoms with Crippen molar-refractivity contribution in [1.29, 1.82) is 0 Å². The van der Waals surface area contributed by atoms with E-state index in [0.717, 1.165) is 25.5 Å². The summed E-state index contributed by atoms with van der Waals surface area (Å²) in [6.07, 6.45) is -3.02. The van der Waals surface area contributed by atoms with Crippen molar-refractivity contribution in [3.8, 4) is 5.75 Å². The number of hydrogen-bond acceptors (Lipinski definition) is 4. The van der Waals surface area contributed by atoms with E-state index in [2.05, 4.69) is 17.6 Å². The average Bonchev–Trinajstić information content (AvgIpc) is 2.96. The third-order valence-electron chi connectivity index (χ3n) is 5.40. The summed E-state index contributed by atoms with van der Waals surface area (Å²) in [5.74, 6) is 0.622. The molecule has 1 aromatic rings. The fraction of sp³-hybridized carbons (Fsp3) is 0.667. The largest absolute Gasteiger partial charge is 0.496 e. The van der Waals surface area contributed by atoms with E-state index in [1.54, 1.807) is 19.2 Å². The maximum Gasteiger partial charge on any atom is 0.421 e. The monoisotopic (exact) mass is 358 g/mol. The zero-order valence-electron chi connectivity index (χ0n) is 14.8. The van der Waals surface area contributed by atoms with E-state index in [4.69, 9.17) is 9.47 Å². The van der Waals surface area contributed by atoms with Crippen LogP contribution in [-0.4, -0.2) is 38.5 Å². The highest BCUT2D eigenvalue weighted by Crippen LogP contribution is 2.46. The summed E-state index contributed by atoms with van der Waals surface area (Å²) in [4.78, 5) is 0. The SMILES string of the molecule is COc1cc2c(cc1CN[C@H]1CCN[C@H]1C)[C@](C)(C(F)(F)F)OCC2. The molecular weight excluding hydrogens is 333 g/mol. The molecule has 0 aliphatic carbocycles. The van der Waals surface area contributed by atoms with Gasteiger partial charge in [0.1, 0.15) is 5.75 Å². The molecule has 3 rings (SSSR count). The van der Waals surface area contributed by atoms with Crippen LogP contribution in [0, 0.1) is 0 Å². The standard InChI is InChI=1S/C18H25F3N2O2/c1-11-15(4-6-22-11)23-10-13-8-14-12(9-16(13)24-3)5-7-25-17(14,2)18(19,20)21/h8-9,11,15,22-23H,4-7,10H2,1-3H3/t11-,15-,17+/m0/s1. The number of ether oxygens (including phenoxy) is 2. The van der Waals surface area contributed by atoms with Gasteiger partial charge >= 0.3 is 6.18 Å². The second-order valence-corrected chi connectivity index (χ2v) is 6.97. The maximum absolute atomic E-state index is 13.6. The first-order valence-corrected chi connectivity index (χ1v) is 8.64. The summed E-state index contributed by atoms with van der Waals surface area (Å²) in [6, 6.07) is 3.97. The summed E-state index contributed by atoms with van der Waals surface area (Å²) in [6.45, 7) is 4.66. The van der Waals surface area contributed by atoms with Crippen molar-refractivity contribution in [2.24, 2.45) is 0 Å². The highest BCUT2D eigenvalue weighted by atomic mass is 19.4. The summed E-state index contributed by atoms with van der Waals surface area (Å²) >= 11 is 0. The summed E-state index contributed by atoms with van der Waals surface area (Å²) in [5.41, 5.74) is -0.713. The third-order valence-corrected chi connectivity index (χ3v) is 5.40. The molecule has 3 atom stereocenters. The van der Waals surface area contributed by atoms with Crippen LogP contribution in [0.4, 0.5) is 13.2 Å². The molecule has 140 valence electrons. The lowest BCUT2D eigenvalue weighted by atomic mass is 9.85. The van der Waals surface area contributed by atoms with Gasteiger partial charge in [-0.1, -0.05) is 0 Å². The van der Waals surface area contributed by atoms with Gasteiger partial charge < -0.3 is 20.1 Å². The molecule has 0 amide bonds. The summed E-state index contributed by atoms with van der Waals surface area (Å²) in [7, 11) is 1.55. The Morgan fingerprint density at radius 3 is 2.76 bits per heavy atom. The second kappa shape index (κ2) is 6.78. The lowest BCUT2D eigenvalue weighted by molar-refractivity contribution is -0.281. The highest BCUT2D eigenvalue weighted by Gasteiger charge is 2.55. The minimum absolute atomic E-state index is 0.0506. The van der Waals surface area contributed by atoms with E-state index >= 15 is 0 Å². The van der Waals surface area contributed by atoms with E-state index in [0.29, 0.717) is 36.4 Å². The maximum atomic E-state index is 13.6. The average molecular weight is 358 g/mol. The Morgan fingerprint density at radius 2 is 2.16 bits per heavy atom. The third kappa shape index (κ3) is 3.37. The minimum atomic E-state index is -4.47. The first kappa shape index (κ1) is 18.5. The predicted octanol–water partition coefficient (Wildman–Crippen LogP) is 2.89. The number of methoxy groups -OCH3 is 1. The molecule has 25 heavy (non-hydrogen) atoms. The number of rotatable bonds is 4. The quantitative estimate of drug-likeness (QED) is 0.869. The molecule has 2 N–H and O–H groups in total. The Bertz CT molecular complexity index is 635. The molecule has 0 spiro atoms. The first-order chi connectivity index (χ1) is 11.8. The van der Waals surface area contributed by atoms with Crippen molar-refractivity contribution in [2.75, 3.05) is 20.3 Å². The van der Waals surface area contributed by atoms with Gasteiger partial charge in [-0.05, 0) is 56.5 Å². The fourth-order valence-electron chi connectivity index (χ4n) is 3.70. The molecule has 0 unspecified atom stereocenters. The lowest BCUT2D eigenvalue weighted by Crippen LogP contribution is -2.45. The van der Waals surface area contributed by atoms with Gasteiger partial charge in [-0.25, -0.2) is 0 Å². The number of alkyl halides is 3. The Hall–Kier alpha value is -1.31. The zero-order valence-corrected chi connectivity index (χ0v) is 14.8. The van der Waals surface area contributed by atoms with Crippen molar-refractivity contribution >= 4 is 0 Å². The Balaban J connectivity index is 1.92. The van der Waals surface area contributed by atoms with E-state index in [9.17, 15) is 13.2 Å². The molecule has 2 heterocycles. The van der Waals surface area contributed by atoms with Gasteiger partial charge in [0.25, 0.3) is 0 Å². The molecule has 0 saturated carbocycles. The Morgan fingerprint density at radius 1 is 1.40 bits per heavy atom. The summed E-state index contributed by atoms with van der Waals surface area (Å²) < 4.78 is 51.5. The second-order valence-electron chi connectivity index (χ2n) is 6.97. The van der Waals surface area contributed by atoms with Crippen molar-refractivity contribution < 1.29 is 22.6 Å². The molecule has 2 aliphatic heterocycles. The van der Waals surface area contributed by atoms with Gasteiger partial charge in [0.05, 0.1) is 13.7 Å². The van der Waals surface area contributed by atoms with Crippen molar-refractivity contribution in [1.82, 2.24) is 10.6 Å². The normalized spacial score (nSPS) is 29.5. The molecule has 0 aromatic heterocycles. The van der Waals surface area contributed by atoms with Gasteiger partial charge in [0.2, 0.25) is 0 Å².